The average molecular weight is 497 g/mol. The number of nitrogens with zero attached hydrogens (tertiary/aromatic N) is 3. The highest BCUT2D eigenvalue weighted by Crippen LogP contribution is 2.41. The number of rotatable bonds is 6. The second-order valence-electron chi connectivity index (χ2n) is 10.6. The van der Waals surface area contributed by atoms with Crippen LogP contribution in [-0.4, -0.2) is 59.2 Å². The van der Waals surface area contributed by atoms with Gasteiger partial charge in [-0.1, -0.05) is 24.6 Å². The molecule has 4 fully saturated rings. The first-order valence-corrected chi connectivity index (χ1v) is 14.5. The zero-order chi connectivity index (χ0) is 23.2. The summed E-state index contributed by atoms with van der Waals surface area (Å²) in [6.07, 6.45) is 5.85. The molecule has 0 aliphatic carbocycles. The van der Waals surface area contributed by atoms with E-state index in [0.717, 1.165) is 66.7 Å². The van der Waals surface area contributed by atoms with Gasteiger partial charge in [-0.25, -0.2) is 9.78 Å². The summed E-state index contributed by atoms with van der Waals surface area (Å²) in [5.74, 6) is 0.446. The molecule has 4 aliphatic heterocycles. The summed E-state index contributed by atoms with van der Waals surface area (Å²) in [6, 6.07) is 12.6. The third-order valence-corrected chi connectivity index (χ3v) is 10.6. The van der Waals surface area contributed by atoms with Gasteiger partial charge in [0.25, 0.3) is 0 Å². The van der Waals surface area contributed by atoms with Gasteiger partial charge in [0.1, 0.15) is 18.1 Å². The van der Waals surface area contributed by atoms with E-state index in [0.29, 0.717) is 5.92 Å². The quantitative estimate of drug-likeness (QED) is 0.338. The topological polar surface area (TPSA) is 42.4 Å². The molecule has 2 bridgehead atoms. The first kappa shape index (κ1) is 22.7. The van der Waals surface area contributed by atoms with Crippen LogP contribution in [0.4, 0.5) is 0 Å². The fourth-order valence-electron chi connectivity index (χ4n) is 6.39. The van der Waals surface area contributed by atoms with Gasteiger partial charge >= 0.3 is 5.97 Å². The maximum atomic E-state index is 13.9. The molecule has 2 aromatic heterocycles. The van der Waals surface area contributed by atoms with Gasteiger partial charge in [-0.15, -0.1) is 22.7 Å². The molecule has 0 radical (unpaired) electrons. The number of carbonyl (C=O) groups is 1. The average Bonchev–Trinajstić information content (AvgIpc) is 3.54. The van der Waals surface area contributed by atoms with Crippen molar-refractivity contribution in [1.29, 1.82) is 0 Å². The number of carbonyl (C=O) groups excluding carboxylic acids is 1. The monoisotopic (exact) mass is 496 g/mol. The van der Waals surface area contributed by atoms with E-state index >= 15 is 0 Å². The van der Waals surface area contributed by atoms with Crippen molar-refractivity contribution in [2.75, 3.05) is 32.7 Å². The van der Waals surface area contributed by atoms with Crippen molar-refractivity contribution in [2.45, 2.75) is 57.2 Å². The fourth-order valence-corrected chi connectivity index (χ4v) is 8.39. The molecule has 0 spiro atoms. The molecule has 0 amide bonds. The number of thiazole rings is 1. The number of likely N-dealkylation sites (tertiary alicyclic amines) is 1. The van der Waals surface area contributed by atoms with Crippen LogP contribution < -0.4 is 0 Å². The Morgan fingerprint density at radius 2 is 1.94 bits per heavy atom. The molecule has 7 rings (SSSR count). The SMILES string of the molecule is CC(C(=O)O[C@@H]1C[N+]2(Cc3nc4ccccc4s3)CCC1CC2)(c1cccs1)N1CCCCC1. The summed E-state index contributed by atoms with van der Waals surface area (Å²) in [5, 5.41) is 3.29. The Balaban J connectivity index is 1.22. The van der Waals surface area contributed by atoms with E-state index in [9.17, 15) is 4.79 Å². The van der Waals surface area contributed by atoms with Crippen molar-refractivity contribution in [1.82, 2.24) is 9.88 Å². The molecular weight excluding hydrogens is 462 g/mol. The van der Waals surface area contributed by atoms with Crippen molar-refractivity contribution in [3.8, 4) is 0 Å². The van der Waals surface area contributed by atoms with E-state index in [4.69, 9.17) is 9.72 Å². The molecule has 34 heavy (non-hydrogen) atoms. The predicted molar refractivity (Wildman–Crippen MR) is 138 cm³/mol. The van der Waals surface area contributed by atoms with Crippen LogP contribution in [0.2, 0.25) is 0 Å². The Labute approximate surface area is 209 Å². The Kier molecular flexibility index (Phi) is 6.00. The van der Waals surface area contributed by atoms with E-state index in [-0.39, 0.29) is 12.1 Å². The number of benzene rings is 1. The number of piperidine rings is 4. The number of para-hydroxylation sites is 1. The molecule has 4 aliphatic rings. The van der Waals surface area contributed by atoms with Gasteiger partial charge in [-0.2, -0.15) is 0 Å². The highest BCUT2D eigenvalue weighted by atomic mass is 32.1. The van der Waals surface area contributed by atoms with Gasteiger partial charge < -0.3 is 9.22 Å². The summed E-state index contributed by atoms with van der Waals surface area (Å²) in [7, 11) is 0. The minimum atomic E-state index is -0.682. The highest BCUT2D eigenvalue weighted by Gasteiger charge is 2.51. The molecule has 2 atom stereocenters. The molecule has 0 saturated carbocycles. The lowest BCUT2D eigenvalue weighted by Gasteiger charge is -2.52. The molecule has 180 valence electrons. The molecule has 5 nitrogen and oxygen atoms in total. The first-order valence-electron chi connectivity index (χ1n) is 12.8. The normalized spacial score (nSPS) is 29.2. The van der Waals surface area contributed by atoms with Crippen molar-refractivity contribution in [2.24, 2.45) is 5.92 Å². The van der Waals surface area contributed by atoms with E-state index in [2.05, 4.69) is 53.6 Å². The van der Waals surface area contributed by atoms with Crippen LogP contribution in [0.5, 0.6) is 0 Å². The third kappa shape index (κ3) is 4.00. The molecule has 3 aromatic rings. The van der Waals surface area contributed by atoms with Gasteiger partial charge in [0, 0.05) is 23.6 Å². The summed E-state index contributed by atoms with van der Waals surface area (Å²) in [4.78, 5) is 22.3. The fraction of sp³-hybridized carbons (Fsp3) is 0.556. The van der Waals surface area contributed by atoms with Crippen molar-refractivity contribution >= 4 is 38.9 Å². The van der Waals surface area contributed by atoms with Crippen LogP contribution in [0.15, 0.2) is 41.8 Å². The molecule has 0 N–H and O–H groups in total. The molecule has 7 heteroatoms. The standard InChI is InChI=1S/C27H34N3O2S2/c1-27(24-10-7-17-33-24,29-13-5-2-6-14-29)26(31)32-22-18-30(15-11-20(22)12-16-30)19-25-28-21-8-3-4-9-23(21)34-25/h3-4,7-10,17,20,22H,2,5-6,11-16,18-19H2,1H3/q+1/t20?,22-,27?,30?/m1/s1. The van der Waals surface area contributed by atoms with Crippen LogP contribution in [0, 0.1) is 5.92 Å². The largest absolute Gasteiger partial charge is 0.454 e. The number of quaternary nitrogens is 1. The van der Waals surface area contributed by atoms with Gasteiger partial charge in [0.15, 0.2) is 11.6 Å². The Morgan fingerprint density at radius 1 is 1.15 bits per heavy atom. The second kappa shape index (κ2) is 9.01. The molecular formula is C27H34N3O2S2+. The number of hydrogen-bond donors (Lipinski definition) is 0. The maximum absolute atomic E-state index is 13.9. The number of esters is 1. The predicted octanol–water partition coefficient (Wildman–Crippen LogP) is 5.41. The minimum absolute atomic E-state index is 0.00783. The molecule has 4 saturated heterocycles. The summed E-state index contributed by atoms with van der Waals surface area (Å²) < 4.78 is 8.75. The van der Waals surface area contributed by atoms with Crippen LogP contribution in [0.3, 0.4) is 0 Å². The zero-order valence-electron chi connectivity index (χ0n) is 19.9. The second-order valence-corrected chi connectivity index (χ2v) is 12.6. The van der Waals surface area contributed by atoms with E-state index in [1.165, 1.54) is 29.2 Å². The summed E-state index contributed by atoms with van der Waals surface area (Å²) in [5.41, 5.74) is 0.419. The summed E-state index contributed by atoms with van der Waals surface area (Å²) >= 11 is 3.50. The molecule has 6 heterocycles. The van der Waals surface area contributed by atoms with Crippen LogP contribution in [0.25, 0.3) is 10.2 Å². The molecule has 1 unspecified atom stereocenters. The Bertz CT molecular complexity index is 1110. The number of thiophene rings is 1. The van der Waals surface area contributed by atoms with E-state index in [1.54, 1.807) is 11.3 Å². The van der Waals surface area contributed by atoms with Crippen molar-refractivity contribution in [3.05, 3.63) is 51.7 Å². The third-order valence-electron chi connectivity index (χ3n) is 8.50. The van der Waals surface area contributed by atoms with Crippen molar-refractivity contribution < 1.29 is 14.0 Å². The van der Waals surface area contributed by atoms with Gasteiger partial charge in [-0.3, -0.25) is 4.90 Å². The zero-order valence-corrected chi connectivity index (χ0v) is 21.6. The van der Waals surface area contributed by atoms with Crippen LogP contribution in [0.1, 0.15) is 48.9 Å². The van der Waals surface area contributed by atoms with E-state index < -0.39 is 5.54 Å². The van der Waals surface area contributed by atoms with Crippen LogP contribution >= 0.6 is 22.7 Å². The Hall–Kier alpha value is -1.80. The number of hydrogen-bond acceptors (Lipinski definition) is 6. The molecule has 1 aromatic carbocycles. The number of aromatic nitrogens is 1. The summed E-state index contributed by atoms with van der Waals surface area (Å²) in [6.45, 7) is 8.25. The lowest BCUT2D eigenvalue weighted by molar-refractivity contribution is -0.958. The van der Waals surface area contributed by atoms with Gasteiger partial charge in [0.2, 0.25) is 0 Å². The highest BCUT2D eigenvalue weighted by molar-refractivity contribution is 7.18. The lowest BCUT2D eigenvalue weighted by atomic mass is 9.83. The maximum Gasteiger partial charge on any atom is 0.332 e. The van der Waals surface area contributed by atoms with Gasteiger partial charge in [0.05, 0.1) is 23.3 Å². The Morgan fingerprint density at radius 3 is 2.68 bits per heavy atom. The lowest BCUT2D eigenvalue weighted by Crippen LogP contribution is -2.64. The number of ether oxygens (including phenoxy) is 1. The minimum Gasteiger partial charge on any atom is -0.454 e. The van der Waals surface area contributed by atoms with Crippen molar-refractivity contribution in [3.63, 3.8) is 0 Å². The van der Waals surface area contributed by atoms with Gasteiger partial charge in [-0.05, 0) is 56.4 Å². The van der Waals surface area contributed by atoms with E-state index in [1.807, 2.05) is 11.3 Å². The first-order chi connectivity index (χ1) is 16.6. The smallest absolute Gasteiger partial charge is 0.332 e. The van der Waals surface area contributed by atoms with Crippen LogP contribution in [-0.2, 0) is 21.6 Å². The number of fused-ring (bicyclic) bond motifs is 4.